The maximum atomic E-state index is 12.0. The fraction of sp³-hybridized carbons (Fsp3) is 0.667. The third kappa shape index (κ3) is 3.30. The molecule has 2 heterocycles. The van der Waals surface area contributed by atoms with E-state index >= 15 is 0 Å². The highest BCUT2D eigenvalue weighted by molar-refractivity contribution is 5.75. The Morgan fingerprint density at radius 3 is 2.76 bits per heavy atom. The quantitative estimate of drug-likeness (QED) is 0.826. The Kier molecular flexibility index (Phi) is 4.14. The molecule has 0 bridgehead atoms. The lowest BCUT2D eigenvalue weighted by atomic mass is 9.93. The fourth-order valence-corrected chi connectivity index (χ4v) is 2.34. The van der Waals surface area contributed by atoms with Crippen LogP contribution in [0.1, 0.15) is 19.3 Å². The van der Waals surface area contributed by atoms with Crippen LogP contribution in [0.25, 0.3) is 0 Å². The van der Waals surface area contributed by atoms with Gasteiger partial charge in [0.05, 0.1) is 0 Å². The lowest BCUT2D eigenvalue weighted by Gasteiger charge is -2.31. The van der Waals surface area contributed by atoms with E-state index in [1.807, 2.05) is 17.2 Å². The van der Waals surface area contributed by atoms with Crippen molar-refractivity contribution in [3.05, 3.63) is 18.5 Å². The van der Waals surface area contributed by atoms with Crippen LogP contribution in [0.15, 0.2) is 18.5 Å². The minimum absolute atomic E-state index is 0.167. The lowest BCUT2D eigenvalue weighted by Crippen LogP contribution is -2.40. The minimum atomic E-state index is 0.167. The molecule has 1 aliphatic heterocycles. The first kappa shape index (κ1) is 12.1. The largest absolute Gasteiger partial charge is 0.341 e. The molecule has 1 aromatic heterocycles. The fourth-order valence-electron chi connectivity index (χ4n) is 2.34. The second-order valence-electron chi connectivity index (χ2n) is 4.61. The van der Waals surface area contributed by atoms with Crippen molar-refractivity contribution in [3.8, 4) is 0 Å². The average Bonchev–Trinajstić information content (AvgIpc) is 2.83. The molecule has 1 amide bonds. The van der Waals surface area contributed by atoms with Gasteiger partial charge in [-0.1, -0.05) is 0 Å². The van der Waals surface area contributed by atoms with Crippen LogP contribution in [-0.2, 0) is 11.3 Å². The van der Waals surface area contributed by atoms with E-state index in [1.165, 1.54) is 0 Å². The van der Waals surface area contributed by atoms with E-state index in [1.54, 1.807) is 10.9 Å². The zero-order valence-corrected chi connectivity index (χ0v) is 10.1. The summed E-state index contributed by atoms with van der Waals surface area (Å²) in [6.07, 6.45) is 6.77. The predicted molar refractivity (Wildman–Crippen MR) is 65.2 cm³/mol. The van der Waals surface area contributed by atoms with E-state index in [0.29, 0.717) is 12.5 Å². The Labute approximate surface area is 102 Å². The molecule has 5 nitrogen and oxygen atoms in total. The Balaban J connectivity index is 1.78. The molecule has 1 aromatic rings. The van der Waals surface area contributed by atoms with Gasteiger partial charge in [-0.3, -0.25) is 9.48 Å². The lowest BCUT2D eigenvalue weighted by molar-refractivity contribution is -0.133. The highest BCUT2D eigenvalue weighted by Gasteiger charge is 2.22. The van der Waals surface area contributed by atoms with Gasteiger partial charge in [0.2, 0.25) is 5.91 Å². The van der Waals surface area contributed by atoms with E-state index in [9.17, 15) is 4.79 Å². The maximum Gasteiger partial charge on any atom is 0.244 e. The summed E-state index contributed by atoms with van der Waals surface area (Å²) in [4.78, 5) is 13.9. The molecule has 0 aromatic carbocycles. The van der Waals surface area contributed by atoms with Crippen molar-refractivity contribution in [3.63, 3.8) is 0 Å². The third-order valence-corrected chi connectivity index (χ3v) is 3.40. The predicted octanol–water partition coefficient (Wildman–Crippen LogP) is 0.470. The van der Waals surface area contributed by atoms with Gasteiger partial charge in [-0.05, 0) is 37.8 Å². The van der Waals surface area contributed by atoms with Crippen molar-refractivity contribution in [2.45, 2.75) is 25.8 Å². The number of hydrogen-bond donors (Lipinski definition) is 1. The van der Waals surface area contributed by atoms with Crippen molar-refractivity contribution >= 4 is 5.91 Å². The molecule has 0 spiro atoms. The van der Waals surface area contributed by atoms with Gasteiger partial charge in [0.25, 0.3) is 0 Å². The zero-order chi connectivity index (χ0) is 12.1. The first-order valence-electron chi connectivity index (χ1n) is 6.25. The smallest absolute Gasteiger partial charge is 0.244 e. The molecule has 1 saturated heterocycles. The summed E-state index contributed by atoms with van der Waals surface area (Å²) >= 11 is 0. The summed E-state index contributed by atoms with van der Waals surface area (Å²) in [6.45, 7) is 2.84. The first-order valence-corrected chi connectivity index (χ1v) is 6.25. The SMILES string of the molecule is NCCC1CCN(C(=O)Cn2cccn2)CC1. The molecular weight excluding hydrogens is 216 g/mol. The number of rotatable bonds is 4. The molecule has 2 N–H and O–H groups in total. The van der Waals surface area contributed by atoms with Gasteiger partial charge in [0.1, 0.15) is 6.54 Å². The third-order valence-electron chi connectivity index (χ3n) is 3.40. The molecule has 0 saturated carbocycles. The van der Waals surface area contributed by atoms with Crippen LogP contribution in [0.5, 0.6) is 0 Å². The van der Waals surface area contributed by atoms with Crippen LogP contribution in [0.2, 0.25) is 0 Å². The Morgan fingerprint density at radius 2 is 2.18 bits per heavy atom. The summed E-state index contributed by atoms with van der Waals surface area (Å²) in [5.74, 6) is 0.869. The summed E-state index contributed by atoms with van der Waals surface area (Å²) in [5.41, 5.74) is 5.55. The second kappa shape index (κ2) is 5.82. The molecule has 1 aliphatic rings. The maximum absolute atomic E-state index is 12.0. The van der Waals surface area contributed by atoms with Gasteiger partial charge >= 0.3 is 0 Å². The average molecular weight is 236 g/mol. The molecular formula is C12H20N4O. The van der Waals surface area contributed by atoms with Gasteiger partial charge in [0, 0.05) is 25.5 Å². The van der Waals surface area contributed by atoms with Gasteiger partial charge in [-0.15, -0.1) is 0 Å². The number of likely N-dealkylation sites (tertiary alicyclic amines) is 1. The van der Waals surface area contributed by atoms with Crippen molar-refractivity contribution in [1.82, 2.24) is 14.7 Å². The van der Waals surface area contributed by atoms with Crippen LogP contribution in [-0.4, -0.2) is 40.2 Å². The zero-order valence-electron chi connectivity index (χ0n) is 10.1. The van der Waals surface area contributed by atoms with Gasteiger partial charge in [0.15, 0.2) is 0 Å². The second-order valence-corrected chi connectivity index (χ2v) is 4.61. The number of carbonyl (C=O) groups is 1. The van der Waals surface area contributed by atoms with Crippen molar-refractivity contribution in [2.75, 3.05) is 19.6 Å². The van der Waals surface area contributed by atoms with Crippen LogP contribution >= 0.6 is 0 Å². The Bertz CT molecular complexity index is 341. The highest BCUT2D eigenvalue weighted by Crippen LogP contribution is 2.19. The van der Waals surface area contributed by atoms with Crippen molar-refractivity contribution in [2.24, 2.45) is 11.7 Å². The molecule has 0 radical (unpaired) electrons. The van der Waals surface area contributed by atoms with E-state index < -0.39 is 0 Å². The number of nitrogens with two attached hydrogens (primary N) is 1. The van der Waals surface area contributed by atoms with Crippen molar-refractivity contribution < 1.29 is 4.79 Å². The number of piperidine rings is 1. The van der Waals surface area contributed by atoms with Gasteiger partial charge < -0.3 is 10.6 Å². The van der Waals surface area contributed by atoms with E-state index in [-0.39, 0.29) is 5.91 Å². The summed E-state index contributed by atoms with van der Waals surface area (Å²) < 4.78 is 1.67. The molecule has 0 aliphatic carbocycles. The number of nitrogens with zero attached hydrogens (tertiary/aromatic N) is 3. The van der Waals surface area contributed by atoms with Gasteiger partial charge in [-0.25, -0.2) is 0 Å². The Morgan fingerprint density at radius 1 is 1.41 bits per heavy atom. The number of hydrogen-bond acceptors (Lipinski definition) is 3. The molecule has 94 valence electrons. The van der Waals surface area contributed by atoms with E-state index in [0.717, 1.165) is 38.9 Å². The first-order chi connectivity index (χ1) is 8.29. The summed E-state index contributed by atoms with van der Waals surface area (Å²) in [7, 11) is 0. The van der Waals surface area contributed by atoms with Crippen LogP contribution in [0, 0.1) is 5.92 Å². The summed E-state index contributed by atoms with van der Waals surface area (Å²) in [5, 5.41) is 4.05. The molecule has 0 unspecified atom stereocenters. The standard InChI is InChI=1S/C12H20N4O/c13-5-2-11-3-8-15(9-4-11)12(17)10-16-7-1-6-14-16/h1,6-7,11H,2-5,8-10,13H2. The highest BCUT2D eigenvalue weighted by atomic mass is 16.2. The van der Waals surface area contributed by atoms with Crippen LogP contribution in [0.3, 0.4) is 0 Å². The van der Waals surface area contributed by atoms with Crippen LogP contribution < -0.4 is 5.73 Å². The molecule has 5 heteroatoms. The number of aromatic nitrogens is 2. The van der Waals surface area contributed by atoms with Crippen LogP contribution in [0.4, 0.5) is 0 Å². The number of carbonyl (C=O) groups excluding carboxylic acids is 1. The van der Waals surface area contributed by atoms with Gasteiger partial charge in [-0.2, -0.15) is 5.10 Å². The molecule has 0 atom stereocenters. The normalized spacial score (nSPS) is 17.4. The molecule has 17 heavy (non-hydrogen) atoms. The molecule has 2 rings (SSSR count). The molecule has 1 fully saturated rings. The monoisotopic (exact) mass is 236 g/mol. The van der Waals surface area contributed by atoms with Crippen molar-refractivity contribution in [1.29, 1.82) is 0 Å². The minimum Gasteiger partial charge on any atom is -0.341 e. The van der Waals surface area contributed by atoms with E-state index in [2.05, 4.69) is 5.10 Å². The topological polar surface area (TPSA) is 64.2 Å². The Hall–Kier alpha value is -1.36. The number of amides is 1. The summed E-state index contributed by atoms with van der Waals surface area (Å²) in [6, 6.07) is 1.83. The van der Waals surface area contributed by atoms with E-state index in [4.69, 9.17) is 5.73 Å².